The zero-order valence-electron chi connectivity index (χ0n) is 12.2. The topological polar surface area (TPSA) is 29.3 Å². The Balaban J connectivity index is 2.24. The monoisotopic (exact) mass is 238 g/mol. The Morgan fingerprint density at radius 3 is 2.18 bits per heavy atom. The molecule has 0 radical (unpaired) electrons. The standard InChI is InChI=1S/C15H30N2/c1-13(2)7-6-10-17(12-13)15(11-16)9-5-8-14(15,3)4/h5-12,16H2,1-4H3. The third-order valence-electron chi connectivity index (χ3n) is 5.50. The van der Waals surface area contributed by atoms with Crippen LogP contribution in [0.4, 0.5) is 0 Å². The molecular weight excluding hydrogens is 208 g/mol. The summed E-state index contributed by atoms with van der Waals surface area (Å²) < 4.78 is 0. The second-order valence-corrected chi connectivity index (χ2v) is 7.66. The van der Waals surface area contributed by atoms with Gasteiger partial charge >= 0.3 is 0 Å². The summed E-state index contributed by atoms with van der Waals surface area (Å²) in [7, 11) is 0. The number of likely N-dealkylation sites (tertiary alicyclic amines) is 1. The zero-order valence-corrected chi connectivity index (χ0v) is 12.2. The quantitative estimate of drug-likeness (QED) is 0.801. The van der Waals surface area contributed by atoms with Crippen molar-refractivity contribution in [3.8, 4) is 0 Å². The Morgan fingerprint density at radius 2 is 1.71 bits per heavy atom. The Labute approximate surface area is 107 Å². The maximum atomic E-state index is 6.22. The van der Waals surface area contributed by atoms with Gasteiger partial charge in [-0.3, -0.25) is 4.90 Å². The molecular formula is C15H30N2. The molecule has 1 saturated heterocycles. The number of rotatable bonds is 2. The van der Waals surface area contributed by atoms with Crippen molar-refractivity contribution in [1.29, 1.82) is 0 Å². The van der Waals surface area contributed by atoms with E-state index < -0.39 is 0 Å². The molecule has 2 heteroatoms. The minimum Gasteiger partial charge on any atom is -0.329 e. The SMILES string of the molecule is CC1(C)CCCN(C2(CN)CCCC2(C)C)C1. The molecule has 2 aliphatic rings. The number of nitrogens with two attached hydrogens (primary N) is 1. The van der Waals surface area contributed by atoms with Gasteiger partial charge in [0.1, 0.15) is 0 Å². The van der Waals surface area contributed by atoms with Crippen molar-refractivity contribution in [3.05, 3.63) is 0 Å². The largest absolute Gasteiger partial charge is 0.329 e. The first-order valence-electron chi connectivity index (χ1n) is 7.28. The van der Waals surface area contributed by atoms with Gasteiger partial charge in [0.15, 0.2) is 0 Å². The highest BCUT2D eigenvalue weighted by atomic mass is 15.2. The Kier molecular flexibility index (Phi) is 3.33. The highest BCUT2D eigenvalue weighted by Crippen LogP contribution is 2.50. The van der Waals surface area contributed by atoms with Gasteiger partial charge in [0, 0.05) is 18.6 Å². The van der Waals surface area contributed by atoms with Crippen molar-refractivity contribution in [2.75, 3.05) is 19.6 Å². The van der Waals surface area contributed by atoms with E-state index in [0.29, 0.717) is 10.8 Å². The fourth-order valence-electron chi connectivity index (χ4n) is 4.28. The molecule has 1 aliphatic heterocycles. The van der Waals surface area contributed by atoms with Crippen LogP contribution in [0.25, 0.3) is 0 Å². The lowest BCUT2D eigenvalue weighted by Crippen LogP contribution is -2.63. The molecule has 0 amide bonds. The van der Waals surface area contributed by atoms with Gasteiger partial charge in [-0.05, 0) is 43.1 Å². The van der Waals surface area contributed by atoms with Crippen LogP contribution in [-0.2, 0) is 0 Å². The first-order valence-corrected chi connectivity index (χ1v) is 7.28. The fourth-order valence-corrected chi connectivity index (χ4v) is 4.28. The van der Waals surface area contributed by atoms with Crippen LogP contribution in [0.5, 0.6) is 0 Å². The molecule has 2 fully saturated rings. The van der Waals surface area contributed by atoms with Crippen molar-refractivity contribution in [3.63, 3.8) is 0 Å². The first-order chi connectivity index (χ1) is 7.83. The lowest BCUT2D eigenvalue weighted by atomic mass is 9.71. The Bertz CT molecular complexity index is 283. The van der Waals surface area contributed by atoms with Crippen LogP contribution in [-0.4, -0.2) is 30.1 Å². The van der Waals surface area contributed by atoms with Crippen LogP contribution in [0.3, 0.4) is 0 Å². The van der Waals surface area contributed by atoms with Gasteiger partial charge in [0.2, 0.25) is 0 Å². The molecule has 0 spiro atoms. The average Bonchev–Trinajstić information content (AvgIpc) is 2.52. The summed E-state index contributed by atoms with van der Waals surface area (Å²) in [5, 5.41) is 0. The summed E-state index contributed by atoms with van der Waals surface area (Å²) in [6.45, 7) is 13.0. The maximum absolute atomic E-state index is 6.22. The van der Waals surface area contributed by atoms with Crippen LogP contribution in [0.15, 0.2) is 0 Å². The number of hydrogen-bond donors (Lipinski definition) is 1. The molecule has 0 aromatic carbocycles. The van der Waals surface area contributed by atoms with E-state index in [4.69, 9.17) is 5.73 Å². The van der Waals surface area contributed by atoms with Crippen molar-refractivity contribution >= 4 is 0 Å². The van der Waals surface area contributed by atoms with E-state index in [1.807, 2.05) is 0 Å². The summed E-state index contributed by atoms with van der Waals surface area (Å²) in [4.78, 5) is 2.74. The van der Waals surface area contributed by atoms with Crippen LogP contribution in [0.1, 0.15) is 59.8 Å². The highest BCUT2D eigenvalue weighted by Gasteiger charge is 2.52. The third kappa shape index (κ3) is 2.15. The maximum Gasteiger partial charge on any atom is 0.0382 e. The van der Waals surface area contributed by atoms with Gasteiger partial charge in [-0.15, -0.1) is 0 Å². The van der Waals surface area contributed by atoms with E-state index in [9.17, 15) is 0 Å². The molecule has 1 unspecified atom stereocenters. The van der Waals surface area contributed by atoms with Crippen LogP contribution < -0.4 is 5.73 Å². The summed E-state index contributed by atoms with van der Waals surface area (Å²) >= 11 is 0. The number of piperidine rings is 1. The second-order valence-electron chi connectivity index (χ2n) is 7.66. The summed E-state index contributed by atoms with van der Waals surface area (Å²) in [5.74, 6) is 0. The van der Waals surface area contributed by atoms with Gasteiger partial charge in [0.05, 0.1) is 0 Å². The molecule has 0 aromatic heterocycles. The van der Waals surface area contributed by atoms with Crippen LogP contribution >= 0.6 is 0 Å². The molecule has 1 atom stereocenters. The molecule has 1 saturated carbocycles. The molecule has 100 valence electrons. The molecule has 17 heavy (non-hydrogen) atoms. The Hall–Kier alpha value is -0.0800. The lowest BCUT2D eigenvalue weighted by molar-refractivity contribution is -0.0341. The summed E-state index contributed by atoms with van der Waals surface area (Å²) in [6.07, 6.45) is 6.68. The van der Waals surface area contributed by atoms with E-state index in [0.717, 1.165) is 6.54 Å². The minimum atomic E-state index is 0.269. The molecule has 2 N–H and O–H groups in total. The number of hydrogen-bond acceptors (Lipinski definition) is 2. The van der Waals surface area contributed by atoms with Crippen molar-refractivity contribution < 1.29 is 0 Å². The van der Waals surface area contributed by atoms with E-state index in [1.54, 1.807) is 0 Å². The van der Waals surface area contributed by atoms with Gasteiger partial charge in [0.25, 0.3) is 0 Å². The Morgan fingerprint density at radius 1 is 1.00 bits per heavy atom. The molecule has 0 aromatic rings. The first kappa shape index (κ1) is 13.4. The fraction of sp³-hybridized carbons (Fsp3) is 1.00. The van der Waals surface area contributed by atoms with E-state index >= 15 is 0 Å². The van der Waals surface area contributed by atoms with Gasteiger partial charge in [-0.25, -0.2) is 0 Å². The van der Waals surface area contributed by atoms with E-state index in [-0.39, 0.29) is 5.54 Å². The average molecular weight is 238 g/mol. The predicted molar refractivity (Wildman–Crippen MR) is 74.0 cm³/mol. The number of nitrogens with zero attached hydrogens (tertiary/aromatic N) is 1. The normalized spacial score (nSPS) is 37.2. The van der Waals surface area contributed by atoms with Crippen LogP contribution in [0, 0.1) is 10.8 Å². The van der Waals surface area contributed by atoms with Crippen LogP contribution in [0.2, 0.25) is 0 Å². The molecule has 1 heterocycles. The van der Waals surface area contributed by atoms with E-state index in [1.165, 1.54) is 45.2 Å². The molecule has 2 nitrogen and oxygen atoms in total. The lowest BCUT2D eigenvalue weighted by Gasteiger charge is -2.54. The molecule has 2 rings (SSSR count). The van der Waals surface area contributed by atoms with Gasteiger partial charge < -0.3 is 5.73 Å². The van der Waals surface area contributed by atoms with Crippen molar-refractivity contribution in [2.45, 2.75) is 65.3 Å². The molecule has 0 bridgehead atoms. The minimum absolute atomic E-state index is 0.269. The van der Waals surface area contributed by atoms with E-state index in [2.05, 4.69) is 32.6 Å². The van der Waals surface area contributed by atoms with Crippen molar-refractivity contribution in [1.82, 2.24) is 4.90 Å². The smallest absolute Gasteiger partial charge is 0.0382 e. The molecule has 1 aliphatic carbocycles. The third-order valence-corrected chi connectivity index (χ3v) is 5.50. The summed E-state index contributed by atoms with van der Waals surface area (Å²) in [5.41, 5.74) is 7.35. The van der Waals surface area contributed by atoms with Crippen molar-refractivity contribution in [2.24, 2.45) is 16.6 Å². The summed E-state index contributed by atoms with van der Waals surface area (Å²) in [6, 6.07) is 0. The van der Waals surface area contributed by atoms with Gasteiger partial charge in [-0.1, -0.05) is 34.1 Å². The highest BCUT2D eigenvalue weighted by molar-refractivity contribution is 5.08. The van der Waals surface area contributed by atoms with Gasteiger partial charge in [-0.2, -0.15) is 0 Å². The predicted octanol–water partition coefficient (Wildman–Crippen LogP) is 3.02. The second kappa shape index (κ2) is 4.24. The zero-order chi connectivity index (χ0) is 12.7.